The lowest BCUT2D eigenvalue weighted by molar-refractivity contribution is 0.500. The number of nitrogen functional groups attached to an aromatic ring is 1. The second kappa shape index (κ2) is 3.65. The van der Waals surface area contributed by atoms with Crippen molar-refractivity contribution < 1.29 is 12.8 Å². The molecule has 0 unspecified atom stereocenters. The zero-order valence-corrected chi connectivity index (χ0v) is 9.39. The van der Waals surface area contributed by atoms with E-state index in [1.807, 2.05) is 13.8 Å². The minimum Gasteiger partial charge on any atom is -0.444 e. The van der Waals surface area contributed by atoms with Crippen LogP contribution in [0, 0.1) is 0 Å². The molecule has 0 aliphatic heterocycles. The summed E-state index contributed by atoms with van der Waals surface area (Å²) in [6, 6.07) is 1.51. The van der Waals surface area contributed by atoms with Gasteiger partial charge >= 0.3 is 0 Å². The van der Waals surface area contributed by atoms with Gasteiger partial charge in [-0.25, -0.2) is 8.42 Å². The summed E-state index contributed by atoms with van der Waals surface area (Å²) in [4.78, 5) is 0.115. The Balaban J connectivity index is 3.24. The lowest BCUT2D eigenvalue weighted by Gasteiger charge is -1.95. The summed E-state index contributed by atoms with van der Waals surface area (Å²) in [6.07, 6.45) is 0. The second-order valence-corrected chi connectivity index (χ2v) is 5.68. The van der Waals surface area contributed by atoms with E-state index < -0.39 is 9.84 Å². The molecule has 14 heavy (non-hydrogen) atoms. The third kappa shape index (κ3) is 1.92. The van der Waals surface area contributed by atoms with Gasteiger partial charge in [-0.1, -0.05) is 20.8 Å². The molecule has 0 saturated carbocycles. The van der Waals surface area contributed by atoms with E-state index in [4.69, 9.17) is 10.2 Å². The minimum absolute atomic E-state index is 0.00412. The predicted octanol–water partition coefficient (Wildman–Crippen LogP) is 1.78. The zero-order valence-electron chi connectivity index (χ0n) is 8.57. The second-order valence-electron chi connectivity index (χ2n) is 3.44. The quantitative estimate of drug-likeness (QED) is 0.837. The third-order valence-corrected chi connectivity index (χ3v) is 3.78. The summed E-state index contributed by atoms with van der Waals surface area (Å²) in [7, 11) is -3.26. The van der Waals surface area contributed by atoms with Crippen LogP contribution in [0.1, 0.15) is 32.4 Å². The van der Waals surface area contributed by atoms with Crippen molar-refractivity contribution in [1.29, 1.82) is 0 Å². The molecule has 0 aliphatic rings. The van der Waals surface area contributed by atoms with Crippen molar-refractivity contribution in [3.63, 3.8) is 0 Å². The average molecular weight is 217 g/mol. The maximum Gasteiger partial charge on any atom is 0.209 e. The summed E-state index contributed by atoms with van der Waals surface area (Å²) in [5, 5.41) is 0. The fraction of sp³-hybridized carbons (Fsp3) is 0.556. The van der Waals surface area contributed by atoms with E-state index >= 15 is 0 Å². The standard InChI is InChI=1S/C9H15NO3S/c1-4-14(11,12)8-5-7(6(2)3)13-9(8)10/h5-6H,4,10H2,1-3H3. The van der Waals surface area contributed by atoms with Crippen LogP contribution in [0.15, 0.2) is 15.4 Å². The van der Waals surface area contributed by atoms with Gasteiger partial charge in [-0.2, -0.15) is 0 Å². The molecule has 0 bridgehead atoms. The lowest BCUT2D eigenvalue weighted by atomic mass is 10.2. The van der Waals surface area contributed by atoms with Gasteiger partial charge in [0.25, 0.3) is 0 Å². The fourth-order valence-corrected chi connectivity index (χ4v) is 2.05. The molecule has 0 aliphatic carbocycles. The van der Waals surface area contributed by atoms with Crippen LogP contribution in [0.2, 0.25) is 0 Å². The van der Waals surface area contributed by atoms with Gasteiger partial charge in [-0.3, -0.25) is 0 Å². The van der Waals surface area contributed by atoms with Crippen LogP contribution in [0.3, 0.4) is 0 Å². The molecule has 5 heteroatoms. The van der Waals surface area contributed by atoms with E-state index in [-0.39, 0.29) is 22.5 Å². The molecule has 1 heterocycles. The molecule has 1 aromatic rings. The van der Waals surface area contributed by atoms with Crippen molar-refractivity contribution in [2.45, 2.75) is 31.6 Å². The molecular weight excluding hydrogens is 202 g/mol. The van der Waals surface area contributed by atoms with E-state index in [2.05, 4.69) is 0 Å². The molecule has 0 fully saturated rings. The Morgan fingerprint density at radius 2 is 2.07 bits per heavy atom. The van der Waals surface area contributed by atoms with Crippen molar-refractivity contribution in [2.75, 3.05) is 11.5 Å². The van der Waals surface area contributed by atoms with E-state index in [9.17, 15) is 8.42 Å². The highest BCUT2D eigenvalue weighted by Crippen LogP contribution is 2.28. The van der Waals surface area contributed by atoms with Crippen LogP contribution in [0.4, 0.5) is 5.88 Å². The summed E-state index contributed by atoms with van der Waals surface area (Å²) in [6.45, 7) is 5.41. The van der Waals surface area contributed by atoms with Gasteiger partial charge in [-0.15, -0.1) is 0 Å². The summed E-state index contributed by atoms with van der Waals surface area (Å²) in [5.41, 5.74) is 5.50. The minimum atomic E-state index is -3.26. The van der Waals surface area contributed by atoms with E-state index in [1.165, 1.54) is 6.07 Å². The smallest absolute Gasteiger partial charge is 0.209 e. The Bertz CT molecular complexity index is 417. The first-order valence-corrected chi connectivity index (χ1v) is 6.15. The van der Waals surface area contributed by atoms with Gasteiger partial charge in [0.15, 0.2) is 9.84 Å². The Morgan fingerprint density at radius 1 is 1.50 bits per heavy atom. The van der Waals surface area contributed by atoms with Crippen LogP contribution in [0.5, 0.6) is 0 Å². The SMILES string of the molecule is CCS(=O)(=O)c1cc(C(C)C)oc1N. The number of anilines is 1. The Kier molecular flexibility index (Phi) is 2.89. The van der Waals surface area contributed by atoms with Crippen LogP contribution in [-0.2, 0) is 9.84 Å². The summed E-state index contributed by atoms with van der Waals surface area (Å²) in [5.74, 6) is 0.775. The highest BCUT2D eigenvalue weighted by atomic mass is 32.2. The van der Waals surface area contributed by atoms with Crippen molar-refractivity contribution in [3.05, 3.63) is 11.8 Å². The first kappa shape index (κ1) is 11.1. The van der Waals surface area contributed by atoms with E-state index in [0.29, 0.717) is 5.76 Å². The topological polar surface area (TPSA) is 73.3 Å². The fourth-order valence-electron chi connectivity index (χ4n) is 1.09. The number of furan rings is 1. The predicted molar refractivity (Wildman–Crippen MR) is 54.9 cm³/mol. The highest BCUT2D eigenvalue weighted by molar-refractivity contribution is 7.91. The molecule has 80 valence electrons. The average Bonchev–Trinajstić information content (AvgIpc) is 2.48. The van der Waals surface area contributed by atoms with Crippen molar-refractivity contribution in [2.24, 2.45) is 0 Å². The highest BCUT2D eigenvalue weighted by Gasteiger charge is 2.21. The molecule has 0 atom stereocenters. The summed E-state index contributed by atoms with van der Waals surface area (Å²) < 4.78 is 28.2. The first-order valence-electron chi connectivity index (χ1n) is 4.50. The molecular formula is C9H15NO3S. The van der Waals surface area contributed by atoms with E-state index in [0.717, 1.165) is 0 Å². The Morgan fingerprint density at radius 3 is 2.43 bits per heavy atom. The lowest BCUT2D eigenvalue weighted by Crippen LogP contribution is -2.04. The zero-order chi connectivity index (χ0) is 10.9. The van der Waals surface area contributed by atoms with E-state index in [1.54, 1.807) is 6.92 Å². The van der Waals surface area contributed by atoms with Crippen LogP contribution < -0.4 is 5.73 Å². The monoisotopic (exact) mass is 217 g/mol. The number of hydrogen-bond acceptors (Lipinski definition) is 4. The molecule has 0 radical (unpaired) electrons. The number of hydrogen-bond donors (Lipinski definition) is 1. The van der Waals surface area contributed by atoms with Crippen molar-refractivity contribution in [1.82, 2.24) is 0 Å². The van der Waals surface area contributed by atoms with Crippen molar-refractivity contribution >= 4 is 15.7 Å². The largest absolute Gasteiger partial charge is 0.444 e. The maximum absolute atomic E-state index is 11.5. The Hall–Kier alpha value is -0.970. The van der Waals surface area contributed by atoms with Crippen LogP contribution in [0.25, 0.3) is 0 Å². The van der Waals surface area contributed by atoms with Gasteiger partial charge in [0, 0.05) is 12.0 Å². The summed E-state index contributed by atoms with van der Waals surface area (Å²) >= 11 is 0. The molecule has 0 aromatic carbocycles. The number of rotatable bonds is 3. The molecule has 0 amide bonds. The normalized spacial score (nSPS) is 12.3. The molecule has 1 rings (SSSR count). The van der Waals surface area contributed by atoms with Gasteiger partial charge in [0.05, 0.1) is 5.75 Å². The van der Waals surface area contributed by atoms with Gasteiger partial charge in [0.2, 0.25) is 5.88 Å². The molecule has 1 aromatic heterocycles. The van der Waals surface area contributed by atoms with Gasteiger partial charge < -0.3 is 10.2 Å². The molecule has 2 N–H and O–H groups in total. The Labute approximate surface area is 84.0 Å². The van der Waals surface area contributed by atoms with Crippen LogP contribution in [-0.4, -0.2) is 14.2 Å². The van der Waals surface area contributed by atoms with Crippen LogP contribution >= 0.6 is 0 Å². The molecule has 0 spiro atoms. The first-order chi connectivity index (χ1) is 6.38. The number of nitrogens with two attached hydrogens (primary N) is 1. The maximum atomic E-state index is 11.5. The third-order valence-electron chi connectivity index (χ3n) is 2.03. The van der Waals surface area contributed by atoms with Crippen molar-refractivity contribution in [3.8, 4) is 0 Å². The van der Waals surface area contributed by atoms with Gasteiger partial charge in [0.1, 0.15) is 10.7 Å². The van der Waals surface area contributed by atoms with Gasteiger partial charge in [-0.05, 0) is 0 Å². The number of sulfone groups is 1. The molecule has 0 saturated heterocycles. The molecule has 4 nitrogen and oxygen atoms in total.